The van der Waals surface area contributed by atoms with Crippen LogP contribution >= 0.6 is 0 Å². The molecule has 0 aliphatic carbocycles. The predicted octanol–water partition coefficient (Wildman–Crippen LogP) is 0.206. The molecule has 0 spiro atoms. The number of ether oxygens (including phenoxy) is 1. The summed E-state index contributed by atoms with van der Waals surface area (Å²) in [6, 6.07) is 1.80. The van der Waals surface area contributed by atoms with Crippen LogP contribution < -0.4 is 5.32 Å². The SMILES string of the molecule is Cc1nccc(NCCOCCO)n1. The van der Waals surface area contributed by atoms with Crippen LogP contribution in [0.5, 0.6) is 0 Å². The summed E-state index contributed by atoms with van der Waals surface area (Å²) in [5, 5.41) is 11.5. The van der Waals surface area contributed by atoms with Gasteiger partial charge in [0.15, 0.2) is 0 Å². The van der Waals surface area contributed by atoms with Crippen LogP contribution in [0.1, 0.15) is 5.82 Å². The summed E-state index contributed by atoms with van der Waals surface area (Å²) in [5.41, 5.74) is 0. The maximum absolute atomic E-state index is 8.45. The van der Waals surface area contributed by atoms with Crippen LogP contribution in [0.15, 0.2) is 12.3 Å². The summed E-state index contributed by atoms with van der Waals surface area (Å²) in [7, 11) is 0. The molecule has 0 aromatic carbocycles. The summed E-state index contributed by atoms with van der Waals surface area (Å²) in [5.74, 6) is 1.54. The predicted molar refractivity (Wildman–Crippen MR) is 53.2 cm³/mol. The van der Waals surface area contributed by atoms with Crippen LogP contribution in [0, 0.1) is 6.92 Å². The molecule has 0 saturated carbocycles. The largest absolute Gasteiger partial charge is 0.394 e. The van der Waals surface area contributed by atoms with E-state index in [-0.39, 0.29) is 6.61 Å². The van der Waals surface area contributed by atoms with Gasteiger partial charge in [-0.1, -0.05) is 0 Å². The van der Waals surface area contributed by atoms with Crippen LogP contribution in [0.4, 0.5) is 5.82 Å². The summed E-state index contributed by atoms with van der Waals surface area (Å²) in [6.07, 6.45) is 1.71. The van der Waals surface area contributed by atoms with E-state index in [2.05, 4.69) is 15.3 Å². The van der Waals surface area contributed by atoms with Gasteiger partial charge in [-0.25, -0.2) is 9.97 Å². The molecule has 0 bridgehead atoms. The zero-order valence-electron chi connectivity index (χ0n) is 8.23. The van der Waals surface area contributed by atoms with Crippen LogP contribution in [0.25, 0.3) is 0 Å². The van der Waals surface area contributed by atoms with E-state index in [1.165, 1.54) is 0 Å². The zero-order chi connectivity index (χ0) is 10.2. The van der Waals surface area contributed by atoms with Crippen molar-refractivity contribution in [2.24, 2.45) is 0 Å². The summed E-state index contributed by atoms with van der Waals surface area (Å²) < 4.78 is 5.08. The van der Waals surface area contributed by atoms with Gasteiger partial charge in [0.25, 0.3) is 0 Å². The van der Waals surface area contributed by atoms with Crippen molar-refractivity contribution in [2.45, 2.75) is 6.92 Å². The first-order valence-corrected chi connectivity index (χ1v) is 4.55. The molecule has 1 aromatic rings. The molecule has 0 aliphatic rings. The Hall–Kier alpha value is -1.20. The second kappa shape index (κ2) is 6.28. The van der Waals surface area contributed by atoms with Crippen LogP contribution in [0.3, 0.4) is 0 Å². The first-order valence-electron chi connectivity index (χ1n) is 4.55. The molecule has 0 radical (unpaired) electrons. The standard InChI is InChI=1S/C9H15N3O2/c1-8-10-3-2-9(12-8)11-4-6-14-7-5-13/h2-3,13H,4-7H2,1H3,(H,10,11,12). The van der Waals surface area contributed by atoms with E-state index in [4.69, 9.17) is 9.84 Å². The van der Waals surface area contributed by atoms with Crippen LogP contribution in [-0.2, 0) is 4.74 Å². The highest BCUT2D eigenvalue weighted by Crippen LogP contribution is 1.99. The Morgan fingerprint density at radius 1 is 1.50 bits per heavy atom. The Kier molecular flexibility index (Phi) is 4.88. The molecule has 1 heterocycles. The Balaban J connectivity index is 2.18. The van der Waals surface area contributed by atoms with Crippen molar-refractivity contribution in [2.75, 3.05) is 31.7 Å². The monoisotopic (exact) mass is 197 g/mol. The lowest BCUT2D eigenvalue weighted by Gasteiger charge is -2.05. The molecule has 1 aromatic heterocycles. The fraction of sp³-hybridized carbons (Fsp3) is 0.556. The molecular formula is C9H15N3O2. The van der Waals surface area contributed by atoms with Crippen molar-refractivity contribution in [3.63, 3.8) is 0 Å². The number of aliphatic hydroxyl groups excluding tert-OH is 1. The first kappa shape index (κ1) is 10.9. The Morgan fingerprint density at radius 3 is 3.07 bits per heavy atom. The number of aromatic nitrogens is 2. The van der Waals surface area contributed by atoms with Gasteiger partial charge < -0.3 is 15.2 Å². The Labute approximate surface area is 83.2 Å². The number of nitrogens with one attached hydrogen (secondary N) is 1. The van der Waals surface area contributed by atoms with Crippen molar-refractivity contribution in [1.82, 2.24) is 9.97 Å². The summed E-state index contributed by atoms with van der Waals surface area (Å²) >= 11 is 0. The number of aliphatic hydroxyl groups is 1. The normalized spacial score (nSPS) is 10.1. The second-order valence-electron chi connectivity index (χ2n) is 2.75. The van der Waals surface area contributed by atoms with Gasteiger partial charge in [0.2, 0.25) is 0 Å². The summed E-state index contributed by atoms with van der Waals surface area (Å²) in [4.78, 5) is 8.15. The first-order chi connectivity index (χ1) is 6.83. The van der Waals surface area contributed by atoms with Crippen LogP contribution in [-0.4, -0.2) is 41.4 Å². The number of rotatable bonds is 6. The highest BCUT2D eigenvalue weighted by Gasteiger charge is 1.93. The molecule has 78 valence electrons. The molecule has 0 atom stereocenters. The zero-order valence-corrected chi connectivity index (χ0v) is 8.23. The van der Waals surface area contributed by atoms with E-state index in [1.807, 2.05) is 6.92 Å². The minimum Gasteiger partial charge on any atom is -0.394 e. The Bertz CT molecular complexity index is 268. The molecule has 0 unspecified atom stereocenters. The lowest BCUT2D eigenvalue weighted by atomic mass is 10.5. The fourth-order valence-corrected chi connectivity index (χ4v) is 0.973. The van der Waals surface area contributed by atoms with Gasteiger partial charge in [-0.3, -0.25) is 0 Å². The quantitative estimate of drug-likeness (QED) is 0.638. The van der Waals surface area contributed by atoms with Crippen LogP contribution in [0.2, 0.25) is 0 Å². The number of hydrogen-bond donors (Lipinski definition) is 2. The van der Waals surface area contributed by atoms with Gasteiger partial charge in [0.05, 0.1) is 19.8 Å². The topological polar surface area (TPSA) is 67.3 Å². The lowest BCUT2D eigenvalue weighted by Crippen LogP contribution is -2.12. The van der Waals surface area contributed by atoms with Gasteiger partial charge in [-0.15, -0.1) is 0 Å². The number of hydrogen-bond acceptors (Lipinski definition) is 5. The van der Waals surface area contributed by atoms with Crippen molar-refractivity contribution in [3.8, 4) is 0 Å². The van der Waals surface area contributed by atoms with Gasteiger partial charge in [-0.2, -0.15) is 0 Å². The molecule has 5 heteroatoms. The number of anilines is 1. The van der Waals surface area contributed by atoms with E-state index in [9.17, 15) is 0 Å². The molecule has 2 N–H and O–H groups in total. The van der Waals surface area contributed by atoms with Crippen molar-refractivity contribution in [3.05, 3.63) is 18.1 Å². The summed E-state index contributed by atoms with van der Waals surface area (Å²) in [6.45, 7) is 3.52. The third-order valence-corrected chi connectivity index (χ3v) is 1.56. The minimum absolute atomic E-state index is 0.0621. The van der Waals surface area contributed by atoms with Gasteiger partial charge >= 0.3 is 0 Å². The average molecular weight is 197 g/mol. The van der Waals surface area contributed by atoms with Gasteiger partial charge in [-0.05, 0) is 13.0 Å². The highest BCUT2D eigenvalue weighted by molar-refractivity contribution is 5.32. The molecule has 0 aliphatic heterocycles. The third kappa shape index (κ3) is 4.15. The number of nitrogens with zero attached hydrogens (tertiary/aromatic N) is 2. The van der Waals surface area contributed by atoms with Crippen molar-refractivity contribution in [1.29, 1.82) is 0 Å². The van der Waals surface area contributed by atoms with Gasteiger partial charge in [0, 0.05) is 12.7 Å². The van der Waals surface area contributed by atoms with E-state index >= 15 is 0 Å². The molecule has 5 nitrogen and oxygen atoms in total. The molecule has 0 amide bonds. The minimum atomic E-state index is 0.0621. The maximum Gasteiger partial charge on any atom is 0.129 e. The average Bonchev–Trinajstić information content (AvgIpc) is 2.18. The van der Waals surface area contributed by atoms with E-state index in [1.54, 1.807) is 12.3 Å². The molecule has 0 saturated heterocycles. The van der Waals surface area contributed by atoms with E-state index < -0.39 is 0 Å². The molecule has 0 fully saturated rings. The fourth-order valence-electron chi connectivity index (χ4n) is 0.973. The third-order valence-electron chi connectivity index (χ3n) is 1.56. The van der Waals surface area contributed by atoms with Crippen molar-refractivity contribution < 1.29 is 9.84 Å². The lowest BCUT2D eigenvalue weighted by molar-refractivity contribution is 0.0992. The number of aryl methyl sites for hydroxylation is 1. The van der Waals surface area contributed by atoms with E-state index in [0.717, 1.165) is 11.6 Å². The van der Waals surface area contributed by atoms with Crippen molar-refractivity contribution >= 4 is 5.82 Å². The Morgan fingerprint density at radius 2 is 2.36 bits per heavy atom. The molecule has 1 rings (SSSR count). The van der Waals surface area contributed by atoms with E-state index in [0.29, 0.717) is 19.8 Å². The second-order valence-corrected chi connectivity index (χ2v) is 2.75. The smallest absolute Gasteiger partial charge is 0.129 e. The van der Waals surface area contributed by atoms with Gasteiger partial charge in [0.1, 0.15) is 11.6 Å². The highest BCUT2D eigenvalue weighted by atomic mass is 16.5. The molecular weight excluding hydrogens is 182 g/mol. The molecule has 14 heavy (non-hydrogen) atoms. The maximum atomic E-state index is 8.45.